The average Bonchev–Trinajstić information content (AvgIpc) is 4.01. The number of hydrogen-bond donors (Lipinski definition) is 0. The van der Waals surface area contributed by atoms with E-state index in [9.17, 15) is 0 Å². The fraction of sp³-hybridized carbons (Fsp3) is 0.0462. The standard InChI is InChI=1S/C65H45N5/c1-65(2)54-26-13-9-24-50(54)62-55(65)27-17-31-61(62)69(47-36-32-43(33-37-47)42-18-5-3-6-19-42)64-66-56-28-14-10-25-51(56)63(67-64)70-58-30-16-12-23-49(58)53-41-45(35-39-60(53)70)44-34-38-59-52(40-44)48-22-11-15-29-57(48)68(59)46-20-7-4-8-21-46/h3-41H,1-2H3. The lowest BCUT2D eigenvalue weighted by atomic mass is 9.82. The minimum absolute atomic E-state index is 0.186. The Balaban J connectivity index is 0.976. The smallest absolute Gasteiger partial charge is 0.237 e. The van der Waals surface area contributed by atoms with Gasteiger partial charge in [-0.25, -0.2) is 4.98 Å². The molecule has 5 nitrogen and oxygen atoms in total. The molecule has 5 heteroatoms. The molecule has 70 heavy (non-hydrogen) atoms. The largest absolute Gasteiger partial charge is 0.309 e. The van der Waals surface area contributed by atoms with Crippen molar-refractivity contribution in [3.05, 3.63) is 248 Å². The van der Waals surface area contributed by atoms with Crippen LogP contribution in [0.25, 0.3) is 99.4 Å². The van der Waals surface area contributed by atoms with Gasteiger partial charge in [0.15, 0.2) is 5.82 Å². The van der Waals surface area contributed by atoms with Gasteiger partial charge in [-0.15, -0.1) is 0 Å². The minimum Gasteiger partial charge on any atom is -0.309 e. The molecule has 1 aliphatic carbocycles. The number of benzene rings is 10. The van der Waals surface area contributed by atoms with Gasteiger partial charge < -0.3 is 4.57 Å². The SMILES string of the molecule is CC1(C)c2ccccc2-c2c(N(c3ccc(-c4ccccc4)cc3)c3nc(-n4c5ccccc5c5cc(-c6ccc7c(c6)c6ccccc6n7-c6ccccc6)ccc54)c4ccccc4n3)cccc21. The van der Waals surface area contributed by atoms with Crippen LogP contribution in [0.5, 0.6) is 0 Å². The van der Waals surface area contributed by atoms with Gasteiger partial charge in [0.1, 0.15) is 0 Å². The van der Waals surface area contributed by atoms with E-state index in [2.05, 4.69) is 264 Å². The zero-order chi connectivity index (χ0) is 46.5. The second-order valence-corrected chi connectivity index (χ2v) is 19.0. The Labute approximate surface area is 405 Å². The van der Waals surface area contributed by atoms with Crippen molar-refractivity contribution in [3.8, 4) is 44.9 Å². The van der Waals surface area contributed by atoms with Crippen molar-refractivity contribution in [2.24, 2.45) is 0 Å². The molecule has 0 fully saturated rings. The summed E-state index contributed by atoms with van der Waals surface area (Å²) in [6.07, 6.45) is 0. The Hall–Kier alpha value is -9.06. The molecule has 0 spiro atoms. The molecule has 13 aromatic rings. The van der Waals surface area contributed by atoms with Gasteiger partial charge >= 0.3 is 0 Å². The van der Waals surface area contributed by atoms with Gasteiger partial charge in [0.25, 0.3) is 0 Å². The maximum absolute atomic E-state index is 5.74. The fourth-order valence-electron chi connectivity index (χ4n) is 11.4. The van der Waals surface area contributed by atoms with Gasteiger partial charge in [-0.3, -0.25) is 9.47 Å². The quantitative estimate of drug-likeness (QED) is 0.160. The lowest BCUT2D eigenvalue weighted by Crippen LogP contribution is -2.17. The summed E-state index contributed by atoms with van der Waals surface area (Å²) in [7, 11) is 0. The first-order valence-corrected chi connectivity index (χ1v) is 24.1. The first kappa shape index (κ1) is 40.0. The maximum atomic E-state index is 5.74. The Bertz CT molecular complexity index is 4200. The van der Waals surface area contributed by atoms with E-state index in [1.807, 2.05) is 0 Å². The van der Waals surface area contributed by atoms with Crippen LogP contribution in [0.4, 0.5) is 17.3 Å². The van der Waals surface area contributed by atoms with Crippen LogP contribution in [0.2, 0.25) is 0 Å². The second kappa shape index (κ2) is 15.5. The molecule has 0 unspecified atom stereocenters. The van der Waals surface area contributed by atoms with Crippen molar-refractivity contribution in [2.45, 2.75) is 19.3 Å². The second-order valence-electron chi connectivity index (χ2n) is 19.0. The molecular formula is C65H45N5. The summed E-state index contributed by atoms with van der Waals surface area (Å²) in [4.78, 5) is 13.5. The fourth-order valence-corrected chi connectivity index (χ4v) is 11.4. The van der Waals surface area contributed by atoms with Crippen molar-refractivity contribution in [1.29, 1.82) is 0 Å². The van der Waals surface area contributed by atoms with Crippen LogP contribution in [0.3, 0.4) is 0 Å². The van der Waals surface area contributed by atoms with Gasteiger partial charge in [0.2, 0.25) is 5.95 Å². The van der Waals surface area contributed by atoms with E-state index >= 15 is 0 Å². The van der Waals surface area contributed by atoms with E-state index in [0.717, 1.165) is 61.3 Å². The van der Waals surface area contributed by atoms with Crippen LogP contribution in [0.15, 0.2) is 237 Å². The predicted octanol–water partition coefficient (Wildman–Crippen LogP) is 16.9. The summed E-state index contributed by atoms with van der Waals surface area (Å²) < 4.78 is 4.72. The monoisotopic (exact) mass is 895 g/mol. The minimum atomic E-state index is -0.186. The molecule has 3 heterocycles. The molecule has 1 aliphatic rings. The number of para-hydroxylation sites is 4. The molecule has 3 aromatic heterocycles. The first-order valence-electron chi connectivity index (χ1n) is 24.1. The summed E-state index contributed by atoms with van der Waals surface area (Å²) in [5, 5.41) is 5.77. The Morgan fingerprint density at radius 2 is 0.914 bits per heavy atom. The van der Waals surface area contributed by atoms with Gasteiger partial charge in [0, 0.05) is 49.3 Å². The molecule has 0 bridgehead atoms. The Kier molecular flexibility index (Phi) is 8.86. The van der Waals surface area contributed by atoms with Crippen LogP contribution in [0, 0.1) is 0 Å². The van der Waals surface area contributed by atoms with Crippen molar-refractivity contribution in [1.82, 2.24) is 19.1 Å². The molecule has 10 aromatic carbocycles. The number of fused-ring (bicyclic) bond motifs is 10. The highest BCUT2D eigenvalue weighted by Crippen LogP contribution is 2.54. The highest BCUT2D eigenvalue weighted by atomic mass is 15.3. The third kappa shape index (κ3) is 6.04. The van der Waals surface area contributed by atoms with E-state index in [1.54, 1.807) is 0 Å². The maximum Gasteiger partial charge on any atom is 0.237 e. The zero-order valence-corrected chi connectivity index (χ0v) is 38.8. The van der Waals surface area contributed by atoms with Crippen LogP contribution in [0.1, 0.15) is 25.0 Å². The Morgan fingerprint density at radius 3 is 1.63 bits per heavy atom. The summed E-state index contributed by atoms with van der Waals surface area (Å²) in [6.45, 7) is 4.67. The predicted molar refractivity (Wildman–Crippen MR) is 291 cm³/mol. The van der Waals surface area contributed by atoms with E-state index in [1.165, 1.54) is 60.6 Å². The third-order valence-electron chi connectivity index (χ3n) is 14.7. The van der Waals surface area contributed by atoms with E-state index in [4.69, 9.17) is 9.97 Å². The van der Waals surface area contributed by atoms with Crippen molar-refractivity contribution >= 4 is 71.8 Å². The third-order valence-corrected chi connectivity index (χ3v) is 14.7. The van der Waals surface area contributed by atoms with Crippen molar-refractivity contribution < 1.29 is 0 Å². The average molecular weight is 896 g/mol. The van der Waals surface area contributed by atoms with E-state index in [0.29, 0.717) is 5.95 Å². The number of aromatic nitrogens is 4. The molecule has 0 amide bonds. The number of rotatable bonds is 7. The summed E-state index contributed by atoms with van der Waals surface area (Å²) in [5.74, 6) is 1.43. The zero-order valence-electron chi connectivity index (χ0n) is 38.8. The lowest BCUT2D eigenvalue weighted by Gasteiger charge is -2.28. The molecule has 0 atom stereocenters. The normalized spacial score (nSPS) is 12.8. The molecular weight excluding hydrogens is 851 g/mol. The van der Waals surface area contributed by atoms with Gasteiger partial charge in [-0.1, -0.05) is 172 Å². The summed E-state index contributed by atoms with van der Waals surface area (Å²) in [5.41, 5.74) is 18.1. The highest BCUT2D eigenvalue weighted by Gasteiger charge is 2.38. The van der Waals surface area contributed by atoms with E-state index < -0.39 is 0 Å². The molecule has 0 saturated carbocycles. The molecule has 330 valence electrons. The van der Waals surface area contributed by atoms with Crippen LogP contribution in [-0.4, -0.2) is 19.1 Å². The summed E-state index contributed by atoms with van der Waals surface area (Å²) in [6, 6.07) is 85.4. The first-order chi connectivity index (χ1) is 34.5. The highest BCUT2D eigenvalue weighted by molar-refractivity contribution is 6.13. The van der Waals surface area contributed by atoms with Crippen molar-refractivity contribution in [2.75, 3.05) is 4.90 Å². The topological polar surface area (TPSA) is 38.9 Å². The van der Waals surface area contributed by atoms with Crippen LogP contribution >= 0.6 is 0 Å². The van der Waals surface area contributed by atoms with Gasteiger partial charge in [0.05, 0.1) is 33.3 Å². The number of anilines is 3. The van der Waals surface area contributed by atoms with Crippen molar-refractivity contribution in [3.63, 3.8) is 0 Å². The number of nitrogens with zero attached hydrogens (tertiary/aromatic N) is 5. The lowest BCUT2D eigenvalue weighted by molar-refractivity contribution is 0.660. The molecule has 14 rings (SSSR count). The summed E-state index contributed by atoms with van der Waals surface area (Å²) >= 11 is 0. The molecule has 0 saturated heterocycles. The van der Waals surface area contributed by atoms with Crippen LogP contribution in [-0.2, 0) is 5.41 Å². The number of hydrogen-bond acceptors (Lipinski definition) is 3. The molecule has 0 aliphatic heterocycles. The van der Waals surface area contributed by atoms with Crippen LogP contribution < -0.4 is 4.90 Å². The van der Waals surface area contributed by atoms with Gasteiger partial charge in [-0.2, -0.15) is 4.98 Å². The molecule has 0 N–H and O–H groups in total. The Morgan fingerprint density at radius 1 is 0.386 bits per heavy atom. The van der Waals surface area contributed by atoms with Gasteiger partial charge in [-0.05, 0) is 118 Å². The van der Waals surface area contributed by atoms with E-state index in [-0.39, 0.29) is 5.41 Å². The molecule has 0 radical (unpaired) electrons.